The van der Waals surface area contributed by atoms with E-state index in [1.165, 1.54) is 0 Å². The van der Waals surface area contributed by atoms with Crippen LogP contribution in [0.3, 0.4) is 0 Å². The van der Waals surface area contributed by atoms with Crippen molar-refractivity contribution in [3.05, 3.63) is 0 Å². The molecule has 0 amide bonds. The topological polar surface area (TPSA) is 66.5 Å². The van der Waals surface area contributed by atoms with E-state index in [1.54, 1.807) is 0 Å². The van der Waals surface area contributed by atoms with Crippen LogP contribution < -0.4 is 6.15 Å². The lowest BCUT2D eigenvalue weighted by molar-refractivity contribution is 0.812. The molecular weight excluding hydrogens is 110 g/mol. The molecule has 0 aromatic carbocycles. The van der Waals surface area contributed by atoms with E-state index < -0.39 is 0 Å². The maximum atomic E-state index is 4.12. The smallest absolute Gasteiger partial charge is 0.00449 e. The summed E-state index contributed by atoms with van der Waals surface area (Å²) in [4.78, 5) is 0. The Morgan fingerprint density at radius 3 is 1.29 bits per heavy atom. The van der Waals surface area contributed by atoms with Crippen LogP contribution in [-0.2, 0) is 0 Å². The minimum Gasteiger partial charge on any atom is -0.412 e. The van der Waals surface area contributed by atoms with Crippen LogP contribution in [0.1, 0.15) is 22.2 Å². The molecule has 5 N–H and O–H groups in total. The fourth-order valence-electron chi connectivity index (χ4n) is 0. The third-order valence-corrected chi connectivity index (χ3v) is 0. The molecule has 0 rings (SSSR count). The van der Waals surface area contributed by atoms with Gasteiger partial charge in [0.05, 0.1) is 0 Å². The standard InChI is InChI=1S/C4H10S.H3N.H2O.H2/c1-4(2,3)5;;;/h5H,1-3H3;1H3;1H2;1H. The van der Waals surface area contributed by atoms with Crippen molar-refractivity contribution in [1.82, 2.24) is 6.15 Å². The second-order valence-corrected chi connectivity index (χ2v) is 3.51. The number of thiol groups is 1. The highest BCUT2D eigenvalue weighted by molar-refractivity contribution is 7.81. The van der Waals surface area contributed by atoms with Gasteiger partial charge in [-0.2, -0.15) is 12.6 Å². The van der Waals surface area contributed by atoms with Crippen molar-refractivity contribution in [2.75, 3.05) is 0 Å². The summed E-state index contributed by atoms with van der Waals surface area (Å²) >= 11 is 4.12. The number of hydrogen-bond acceptors (Lipinski definition) is 2. The normalized spacial score (nSPS) is 8.57. The Labute approximate surface area is 52.1 Å². The minimum absolute atomic E-state index is 0. The van der Waals surface area contributed by atoms with Gasteiger partial charge in [0.25, 0.3) is 0 Å². The zero-order valence-corrected chi connectivity index (χ0v) is 6.05. The Balaban J connectivity index is -0.0000000267. The Kier molecular flexibility index (Phi) is 9.92. The summed E-state index contributed by atoms with van der Waals surface area (Å²) in [5.41, 5.74) is 0. The van der Waals surface area contributed by atoms with Crippen LogP contribution in [-0.4, -0.2) is 10.2 Å². The summed E-state index contributed by atoms with van der Waals surface area (Å²) in [5, 5.41) is 0. The second-order valence-electron chi connectivity index (χ2n) is 2.17. The molecule has 0 fully saturated rings. The summed E-state index contributed by atoms with van der Waals surface area (Å²) in [6.45, 7) is 6.16. The molecular formula is C4H17NOS. The van der Waals surface area contributed by atoms with E-state index in [0.717, 1.165) is 0 Å². The highest BCUT2D eigenvalue weighted by Gasteiger charge is 1.96. The van der Waals surface area contributed by atoms with Crippen LogP contribution in [0.2, 0.25) is 0 Å². The van der Waals surface area contributed by atoms with Crippen LogP contribution >= 0.6 is 12.6 Å². The zero-order valence-electron chi connectivity index (χ0n) is 5.15. The zero-order chi connectivity index (χ0) is 4.50. The van der Waals surface area contributed by atoms with E-state index >= 15 is 0 Å². The van der Waals surface area contributed by atoms with Crippen LogP contribution in [0.4, 0.5) is 0 Å². The molecule has 0 saturated heterocycles. The monoisotopic (exact) mass is 127 g/mol. The predicted molar refractivity (Wildman–Crippen MR) is 39.5 cm³/mol. The Bertz CT molecular complexity index is 31.5. The maximum Gasteiger partial charge on any atom is 0.00449 e. The van der Waals surface area contributed by atoms with E-state index in [1.807, 2.05) is 0 Å². The Hall–Kier alpha value is 0.270. The van der Waals surface area contributed by atoms with Crippen LogP contribution in [0, 0.1) is 0 Å². The fraction of sp³-hybridized carbons (Fsp3) is 1.00. The summed E-state index contributed by atoms with van der Waals surface area (Å²) in [7, 11) is 0. The minimum atomic E-state index is 0. The van der Waals surface area contributed by atoms with Gasteiger partial charge in [0, 0.05) is 6.17 Å². The molecule has 0 spiro atoms. The molecule has 0 radical (unpaired) electrons. The largest absolute Gasteiger partial charge is 0.412 e. The number of rotatable bonds is 0. The molecule has 0 aromatic heterocycles. The highest BCUT2D eigenvalue weighted by atomic mass is 32.1. The SMILES string of the molecule is CC(C)(C)S.N.O.[HH]. The summed E-state index contributed by atoms with van der Waals surface area (Å²) < 4.78 is 0.194. The Morgan fingerprint density at radius 1 is 1.29 bits per heavy atom. The van der Waals surface area contributed by atoms with Gasteiger partial charge >= 0.3 is 0 Å². The molecule has 0 heterocycles. The first-order chi connectivity index (χ1) is 2.00. The molecule has 7 heavy (non-hydrogen) atoms. The van der Waals surface area contributed by atoms with Crippen molar-refractivity contribution in [2.45, 2.75) is 25.5 Å². The van der Waals surface area contributed by atoms with Gasteiger partial charge in [-0.3, -0.25) is 0 Å². The van der Waals surface area contributed by atoms with Crippen LogP contribution in [0.5, 0.6) is 0 Å². The van der Waals surface area contributed by atoms with Gasteiger partial charge in [0.1, 0.15) is 0 Å². The van der Waals surface area contributed by atoms with Gasteiger partial charge < -0.3 is 11.6 Å². The molecule has 3 heteroatoms. The predicted octanol–water partition coefficient (Wildman–Crippen LogP) is 1.30. The van der Waals surface area contributed by atoms with Gasteiger partial charge in [0.2, 0.25) is 0 Å². The molecule has 0 bridgehead atoms. The third kappa shape index (κ3) is 1570. The summed E-state index contributed by atoms with van der Waals surface area (Å²) in [6.07, 6.45) is 0. The van der Waals surface area contributed by atoms with E-state index in [4.69, 9.17) is 0 Å². The molecule has 50 valence electrons. The van der Waals surface area contributed by atoms with Crippen molar-refractivity contribution in [3.63, 3.8) is 0 Å². The quantitative estimate of drug-likeness (QED) is 0.473. The molecule has 0 atom stereocenters. The average Bonchev–Trinajstić information content (AvgIpc) is 0.722. The highest BCUT2D eigenvalue weighted by Crippen LogP contribution is 2.07. The lowest BCUT2D eigenvalue weighted by Gasteiger charge is -2.04. The molecule has 0 aliphatic rings. The van der Waals surface area contributed by atoms with Gasteiger partial charge in [-0.15, -0.1) is 0 Å². The molecule has 0 aliphatic carbocycles. The first-order valence-electron chi connectivity index (χ1n) is 1.72. The van der Waals surface area contributed by atoms with Gasteiger partial charge in [-0.05, 0) is 0 Å². The van der Waals surface area contributed by atoms with E-state index in [9.17, 15) is 0 Å². The van der Waals surface area contributed by atoms with Crippen LogP contribution in [0.25, 0.3) is 0 Å². The van der Waals surface area contributed by atoms with Crippen LogP contribution in [0.15, 0.2) is 0 Å². The van der Waals surface area contributed by atoms with E-state index in [0.29, 0.717) is 0 Å². The summed E-state index contributed by atoms with van der Waals surface area (Å²) in [5.74, 6) is 0. The second kappa shape index (κ2) is 4.43. The molecule has 0 saturated carbocycles. The van der Waals surface area contributed by atoms with Gasteiger partial charge in [-0.25, -0.2) is 0 Å². The lowest BCUT2D eigenvalue weighted by atomic mass is 10.3. The number of hydrogen-bond donors (Lipinski definition) is 2. The average molecular weight is 127 g/mol. The van der Waals surface area contributed by atoms with E-state index in [-0.39, 0.29) is 17.8 Å². The van der Waals surface area contributed by atoms with Crippen molar-refractivity contribution in [1.29, 1.82) is 0 Å². The Morgan fingerprint density at radius 2 is 1.29 bits per heavy atom. The molecule has 0 unspecified atom stereocenters. The van der Waals surface area contributed by atoms with Crippen molar-refractivity contribution in [2.24, 2.45) is 0 Å². The van der Waals surface area contributed by atoms with Gasteiger partial charge in [-0.1, -0.05) is 20.8 Å². The van der Waals surface area contributed by atoms with Gasteiger partial charge in [0.15, 0.2) is 0 Å². The molecule has 0 aromatic rings. The van der Waals surface area contributed by atoms with Crippen molar-refractivity contribution in [3.8, 4) is 0 Å². The fourth-order valence-corrected chi connectivity index (χ4v) is 0. The van der Waals surface area contributed by atoms with Crippen molar-refractivity contribution >= 4 is 12.6 Å². The van der Waals surface area contributed by atoms with Crippen molar-refractivity contribution < 1.29 is 6.90 Å². The van der Waals surface area contributed by atoms with E-state index in [2.05, 4.69) is 33.4 Å². The first-order valence-corrected chi connectivity index (χ1v) is 2.17. The molecule has 2 nitrogen and oxygen atoms in total. The molecule has 0 aliphatic heterocycles. The summed E-state index contributed by atoms with van der Waals surface area (Å²) in [6, 6.07) is 0. The first kappa shape index (κ1) is 15.7. The maximum absolute atomic E-state index is 4.12. The lowest BCUT2D eigenvalue weighted by Crippen LogP contribution is -1.99. The third-order valence-electron chi connectivity index (χ3n) is 0.